The number of rotatable bonds is 6. The van der Waals surface area contributed by atoms with E-state index < -0.39 is 5.60 Å². The molecular weight excluding hydrogens is 436 g/mol. The Bertz CT molecular complexity index is 1270. The van der Waals surface area contributed by atoms with E-state index in [4.69, 9.17) is 14.5 Å². The lowest BCUT2D eigenvalue weighted by Crippen LogP contribution is -2.52. The second-order valence-corrected chi connectivity index (χ2v) is 9.61. The van der Waals surface area contributed by atoms with Crippen LogP contribution in [0.3, 0.4) is 0 Å². The molecule has 0 saturated carbocycles. The third kappa shape index (κ3) is 4.62. The first-order valence-electron chi connectivity index (χ1n) is 11.7. The Hall–Kier alpha value is -3.43. The summed E-state index contributed by atoms with van der Waals surface area (Å²) in [4.78, 5) is 39.0. The van der Waals surface area contributed by atoms with Crippen molar-refractivity contribution >= 4 is 17.1 Å². The maximum absolute atomic E-state index is 13.0. The van der Waals surface area contributed by atoms with Crippen molar-refractivity contribution in [2.45, 2.75) is 66.0 Å². The van der Waals surface area contributed by atoms with Gasteiger partial charge in [0.15, 0.2) is 5.52 Å². The van der Waals surface area contributed by atoms with E-state index in [2.05, 4.69) is 15.1 Å². The van der Waals surface area contributed by atoms with Gasteiger partial charge in [-0.3, -0.25) is 9.48 Å². The number of nitrogens with one attached hydrogen (secondary N) is 1. The Morgan fingerprint density at radius 2 is 1.97 bits per heavy atom. The highest BCUT2D eigenvalue weighted by atomic mass is 16.6. The van der Waals surface area contributed by atoms with E-state index in [1.807, 2.05) is 52.3 Å². The number of pyridine rings is 1. The fraction of sp³-hybridized carbons (Fsp3) is 0.542. The highest BCUT2D eigenvalue weighted by Gasteiger charge is 2.37. The minimum atomic E-state index is -0.547. The zero-order valence-corrected chi connectivity index (χ0v) is 20.6. The van der Waals surface area contributed by atoms with Crippen LogP contribution in [0.15, 0.2) is 17.1 Å². The van der Waals surface area contributed by atoms with Crippen LogP contribution >= 0.6 is 0 Å². The number of carbonyl (C=O) groups excluding carboxylic acids is 1. The Balaban J connectivity index is 1.68. The standard InChI is InChI=1S/C24H32N6O4/c1-7-9-33-22-16(10-14(3)11-25-22)20-26-18-17(8-2)30(28-19(18)21(31)27-20)15-12-29(13-15)23(32)34-24(4,5)6/h10-11,15H,7-9,12-13H2,1-6H3,(H,26,27,31). The monoisotopic (exact) mass is 468 g/mol. The third-order valence-corrected chi connectivity index (χ3v) is 5.53. The molecule has 34 heavy (non-hydrogen) atoms. The zero-order chi connectivity index (χ0) is 24.6. The number of amides is 1. The summed E-state index contributed by atoms with van der Waals surface area (Å²) >= 11 is 0. The molecule has 4 heterocycles. The first-order valence-corrected chi connectivity index (χ1v) is 11.7. The predicted molar refractivity (Wildman–Crippen MR) is 128 cm³/mol. The summed E-state index contributed by atoms with van der Waals surface area (Å²) in [5.41, 5.74) is 2.40. The molecule has 10 heteroatoms. The number of carbonyl (C=O) groups is 1. The summed E-state index contributed by atoms with van der Waals surface area (Å²) < 4.78 is 13.1. The zero-order valence-electron chi connectivity index (χ0n) is 20.6. The molecule has 1 N–H and O–H groups in total. The van der Waals surface area contributed by atoms with Gasteiger partial charge in [0, 0.05) is 19.3 Å². The van der Waals surface area contributed by atoms with Crippen LogP contribution in [0.5, 0.6) is 5.88 Å². The maximum Gasteiger partial charge on any atom is 0.410 e. The molecule has 0 spiro atoms. The smallest absolute Gasteiger partial charge is 0.410 e. The van der Waals surface area contributed by atoms with Crippen LogP contribution in [0.25, 0.3) is 22.4 Å². The molecule has 1 aliphatic heterocycles. The number of hydrogen-bond acceptors (Lipinski definition) is 7. The van der Waals surface area contributed by atoms with Gasteiger partial charge in [-0.05, 0) is 52.2 Å². The van der Waals surface area contributed by atoms with Gasteiger partial charge in [0.25, 0.3) is 5.56 Å². The molecule has 3 aromatic heterocycles. The van der Waals surface area contributed by atoms with Gasteiger partial charge in [-0.1, -0.05) is 13.8 Å². The van der Waals surface area contributed by atoms with Crippen molar-refractivity contribution in [3.8, 4) is 17.3 Å². The Morgan fingerprint density at radius 1 is 1.24 bits per heavy atom. The molecule has 0 atom stereocenters. The van der Waals surface area contributed by atoms with Gasteiger partial charge in [0.05, 0.1) is 23.9 Å². The highest BCUT2D eigenvalue weighted by Crippen LogP contribution is 2.30. The fourth-order valence-electron chi connectivity index (χ4n) is 3.92. The van der Waals surface area contributed by atoms with Crippen LogP contribution in [-0.4, -0.2) is 61.0 Å². The van der Waals surface area contributed by atoms with Crippen LogP contribution in [0.1, 0.15) is 58.3 Å². The van der Waals surface area contributed by atoms with Crippen LogP contribution in [0.2, 0.25) is 0 Å². The molecule has 1 amide bonds. The van der Waals surface area contributed by atoms with E-state index in [1.54, 1.807) is 11.1 Å². The van der Waals surface area contributed by atoms with Crippen molar-refractivity contribution < 1.29 is 14.3 Å². The quantitative estimate of drug-likeness (QED) is 0.587. The highest BCUT2D eigenvalue weighted by molar-refractivity contribution is 5.79. The lowest BCUT2D eigenvalue weighted by atomic mass is 10.1. The topological polar surface area (TPSA) is 115 Å². The Morgan fingerprint density at radius 3 is 2.62 bits per heavy atom. The van der Waals surface area contributed by atoms with Gasteiger partial charge < -0.3 is 19.4 Å². The third-order valence-electron chi connectivity index (χ3n) is 5.53. The predicted octanol–water partition coefficient (Wildman–Crippen LogP) is 3.63. The first-order chi connectivity index (χ1) is 16.1. The lowest BCUT2D eigenvalue weighted by Gasteiger charge is -2.40. The molecule has 0 bridgehead atoms. The average molecular weight is 469 g/mol. The summed E-state index contributed by atoms with van der Waals surface area (Å²) in [7, 11) is 0. The molecule has 1 fully saturated rings. The van der Waals surface area contributed by atoms with E-state index in [9.17, 15) is 9.59 Å². The van der Waals surface area contributed by atoms with Crippen molar-refractivity contribution in [2.24, 2.45) is 0 Å². The molecule has 0 aromatic carbocycles. The van der Waals surface area contributed by atoms with E-state index in [0.717, 1.165) is 17.7 Å². The van der Waals surface area contributed by atoms with Crippen molar-refractivity contribution in [3.05, 3.63) is 33.9 Å². The number of H-pyrrole nitrogens is 1. The Kier molecular flexibility index (Phi) is 6.33. The van der Waals surface area contributed by atoms with E-state index in [0.29, 0.717) is 48.9 Å². The van der Waals surface area contributed by atoms with Gasteiger partial charge in [0.1, 0.15) is 16.9 Å². The number of ether oxygens (including phenoxy) is 2. The normalized spacial score (nSPS) is 14.4. The van der Waals surface area contributed by atoms with Gasteiger partial charge in [0.2, 0.25) is 5.88 Å². The second kappa shape index (κ2) is 9.08. The van der Waals surface area contributed by atoms with Gasteiger partial charge in [-0.15, -0.1) is 0 Å². The summed E-state index contributed by atoms with van der Waals surface area (Å²) in [5.74, 6) is 0.838. The molecule has 10 nitrogen and oxygen atoms in total. The summed E-state index contributed by atoms with van der Waals surface area (Å²) in [6.45, 7) is 12.9. The number of aromatic nitrogens is 5. The van der Waals surface area contributed by atoms with Gasteiger partial charge in [-0.25, -0.2) is 14.8 Å². The largest absolute Gasteiger partial charge is 0.477 e. The van der Waals surface area contributed by atoms with Crippen molar-refractivity contribution in [1.29, 1.82) is 0 Å². The number of fused-ring (bicyclic) bond motifs is 1. The molecule has 1 saturated heterocycles. The van der Waals surface area contributed by atoms with E-state index in [-0.39, 0.29) is 23.2 Å². The fourth-order valence-corrected chi connectivity index (χ4v) is 3.92. The number of nitrogens with zero attached hydrogens (tertiary/aromatic N) is 5. The molecule has 0 radical (unpaired) electrons. The molecule has 0 unspecified atom stereocenters. The van der Waals surface area contributed by atoms with Gasteiger partial charge >= 0.3 is 6.09 Å². The summed E-state index contributed by atoms with van der Waals surface area (Å²) in [6, 6.07) is 1.87. The summed E-state index contributed by atoms with van der Waals surface area (Å²) in [6.07, 6.45) is 2.86. The molecular formula is C24H32N6O4. The SMILES string of the molecule is CCCOc1ncc(C)cc1-c1nc2c(CC)n(C3CN(C(=O)OC(C)(C)C)C3)nc2c(=O)[nH]1. The van der Waals surface area contributed by atoms with Crippen LogP contribution in [-0.2, 0) is 11.2 Å². The minimum absolute atomic E-state index is 0.0383. The molecule has 4 rings (SSSR count). The maximum atomic E-state index is 13.0. The van der Waals surface area contributed by atoms with Crippen molar-refractivity contribution in [1.82, 2.24) is 29.6 Å². The second-order valence-electron chi connectivity index (χ2n) is 9.61. The number of aryl methyl sites for hydroxylation is 2. The Labute approximate surface area is 198 Å². The molecule has 3 aromatic rings. The number of aromatic amines is 1. The van der Waals surface area contributed by atoms with Crippen LogP contribution < -0.4 is 10.3 Å². The van der Waals surface area contributed by atoms with Crippen molar-refractivity contribution in [3.63, 3.8) is 0 Å². The lowest BCUT2D eigenvalue weighted by molar-refractivity contribution is -0.000640. The average Bonchev–Trinajstić information content (AvgIpc) is 3.09. The molecule has 1 aliphatic rings. The first kappa shape index (κ1) is 23.7. The molecule has 182 valence electrons. The minimum Gasteiger partial charge on any atom is -0.477 e. The van der Waals surface area contributed by atoms with Crippen LogP contribution in [0, 0.1) is 6.92 Å². The number of likely N-dealkylation sites (tertiary alicyclic amines) is 1. The van der Waals surface area contributed by atoms with E-state index in [1.165, 1.54) is 0 Å². The van der Waals surface area contributed by atoms with Crippen molar-refractivity contribution in [2.75, 3.05) is 19.7 Å². The van der Waals surface area contributed by atoms with E-state index >= 15 is 0 Å². The summed E-state index contributed by atoms with van der Waals surface area (Å²) in [5, 5.41) is 4.58. The number of hydrogen-bond donors (Lipinski definition) is 1. The van der Waals surface area contributed by atoms with Gasteiger partial charge in [-0.2, -0.15) is 5.10 Å². The van der Waals surface area contributed by atoms with Crippen LogP contribution in [0.4, 0.5) is 4.79 Å². The molecule has 0 aliphatic carbocycles.